The average Bonchev–Trinajstić information content (AvgIpc) is 2.38. The zero-order valence-electron chi connectivity index (χ0n) is 10.00. The van der Waals surface area contributed by atoms with E-state index in [2.05, 4.69) is 4.98 Å². The van der Waals surface area contributed by atoms with Gasteiger partial charge in [0.25, 0.3) is 5.91 Å². The normalized spacial score (nSPS) is 19.6. The van der Waals surface area contributed by atoms with Crippen molar-refractivity contribution in [3.05, 3.63) is 29.6 Å². The minimum atomic E-state index is -1.15. The number of morpholine rings is 1. The summed E-state index contributed by atoms with van der Waals surface area (Å²) in [4.78, 5) is 28.8. The van der Waals surface area contributed by atoms with Crippen LogP contribution in [-0.4, -0.2) is 52.7 Å². The van der Waals surface area contributed by atoms with Gasteiger partial charge in [0.15, 0.2) is 0 Å². The highest BCUT2D eigenvalue weighted by Gasteiger charge is 2.28. The number of carbonyl (C=O) groups is 2. The Balaban J connectivity index is 2.30. The van der Waals surface area contributed by atoms with Gasteiger partial charge in [-0.25, -0.2) is 4.79 Å². The summed E-state index contributed by atoms with van der Waals surface area (Å²) < 4.78 is 5.25. The predicted octanol–water partition coefficient (Wildman–Crippen LogP) is 0.641. The number of rotatable bonds is 2. The molecule has 6 nitrogen and oxygen atoms in total. The quantitative estimate of drug-likeness (QED) is 0.833. The van der Waals surface area contributed by atoms with Crippen LogP contribution in [0, 0.1) is 0 Å². The van der Waals surface area contributed by atoms with Gasteiger partial charge in [-0.1, -0.05) is 0 Å². The third kappa shape index (κ3) is 2.33. The number of hydrogen-bond donors (Lipinski definition) is 1. The first-order valence-electron chi connectivity index (χ1n) is 5.68. The van der Waals surface area contributed by atoms with Crippen molar-refractivity contribution in [1.82, 2.24) is 9.88 Å². The number of nitrogens with zero attached hydrogens (tertiary/aromatic N) is 2. The lowest BCUT2D eigenvalue weighted by atomic mass is 10.1. The van der Waals surface area contributed by atoms with Crippen molar-refractivity contribution in [3.63, 3.8) is 0 Å². The third-order valence-corrected chi connectivity index (χ3v) is 2.87. The van der Waals surface area contributed by atoms with E-state index >= 15 is 0 Å². The first kappa shape index (κ1) is 12.5. The fourth-order valence-electron chi connectivity index (χ4n) is 1.91. The van der Waals surface area contributed by atoms with Crippen molar-refractivity contribution >= 4 is 11.9 Å². The molecule has 1 aromatic heterocycles. The van der Waals surface area contributed by atoms with Gasteiger partial charge in [-0.05, 0) is 19.1 Å². The molecular weight excluding hydrogens is 236 g/mol. The Hall–Kier alpha value is -1.95. The molecule has 1 N–H and O–H groups in total. The highest BCUT2D eigenvalue weighted by atomic mass is 16.5. The second-order valence-electron chi connectivity index (χ2n) is 4.13. The number of carboxylic acid groups (broad SMARTS) is 1. The maximum absolute atomic E-state index is 12.3. The van der Waals surface area contributed by atoms with Gasteiger partial charge in [-0.3, -0.25) is 9.78 Å². The number of pyridine rings is 1. The summed E-state index contributed by atoms with van der Waals surface area (Å²) in [6, 6.07) is 2.81. The van der Waals surface area contributed by atoms with Gasteiger partial charge in [-0.2, -0.15) is 0 Å². The summed E-state index contributed by atoms with van der Waals surface area (Å²) in [5.41, 5.74) is -0.0834. The lowest BCUT2D eigenvalue weighted by Gasteiger charge is -2.33. The van der Waals surface area contributed by atoms with E-state index in [4.69, 9.17) is 9.84 Å². The van der Waals surface area contributed by atoms with Crippen molar-refractivity contribution in [3.8, 4) is 0 Å². The highest BCUT2D eigenvalue weighted by molar-refractivity contribution is 6.03. The van der Waals surface area contributed by atoms with Crippen LogP contribution in [0.3, 0.4) is 0 Å². The standard InChI is InChI=1S/C12H14N2O4/c1-8-7-18-6-5-14(8)11(15)10-9(12(16)17)3-2-4-13-10/h2-4,8H,5-7H2,1H3,(H,16,17)/t8-/m1/s1. The molecule has 6 heteroatoms. The van der Waals surface area contributed by atoms with Gasteiger partial charge in [0.05, 0.1) is 24.8 Å². The van der Waals surface area contributed by atoms with Crippen LogP contribution in [0.4, 0.5) is 0 Å². The summed E-state index contributed by atoms with van der Waals surface area (Å²) in [6.45, 7) is 3.24. The van der Waals surface area contributed by atoms with Gasteiger partial charge in [0, 0.05) is 12.7 Å². The van der Waals surface area contributed by atoms with E-state index in [1.807, 2.05) is 6.92 Å². The Morgan fingerprint density at radius 3 is 3.00 bits per heavy atom. The number of ether oxygens (including phenoxy) is 1. The minimum Gasteiger partial charge on any atom is -0.478 e. The molecule has 1 saturated heterocycles. The van der Waals surface area contributed by atoms with Crippen LogP contribution in [0.5, 0.6) is 0 Å². The Labute approximate surface area is 104 Å². The zero-order chi connectivity index (χ0) is 13.1. The van der Waals surface area contributed by atoms with E-state index in [-0.39, 0.29) is 23.2 Å². The Morgan fingerprint density at radius 2 is 2.33 bits per heavy atom. The largest absolute Gasteiger partial charge is 0.478 e. The maximum atomic E-state index is 12.3. The first-order chi connectivity index (χ1) is 8.61. The number of carboxylic acids is 1. The lowest BCUT2D eigenvalue weighted by molar-refractivity contribution is 0.00313. The molecule has 1 atom stereocenters. The molecule has 96 valence electrons. The van der Waals surface area contributed by atoms with Crippen LogP contribution in [0.25, 0.3) is 0 Å². The van der Waals surface area contributed by atoms with Gasteiger partial charge in [-0.15, -0.1) is 0 Å². The molecule has 0 bridgehead atoms. The summed E-state index contributed by atoms with van der Waals surface area (Å²) in [5, 5.41) is 9.04. The summed E-state index contributed by atoms with van der Waals surface area (Å²) >= 11 is 0. The van der Waals surface area contributed by atoms with Crippen LogP contribution in [0.15, 0.2) is 18.3 Å². The number of aromatic carboxylic acids is 1. The molecule has 0 aromatic carbocycles. The Morgan fingerprint density at radius 1 is 1.56 bits per heavy atom. The van der Waals surface area contributed by atoms with E-state index in [0.29, 0.717) is 19.8 Å². The average molecular weight is 250 g/mol. The van der Waals surface area contributed by atoms with Crippen molar-refractivity contribution in [1.29, 1.82) is 0 Å². The van der Waals surface area contributed by atoms with Gasteiger partial charge < -0.3 is 14.7 Å². The Kier molecular flexibility index (Phi) is 3.57. The van der Waals surface area contributed by atoms with Crippen LogP contribution < -0.4 is 0 Å². The second-order valence-corrected chi connectivity index (χ2v) is 4.13. The number of hydrogen-bond acceptors (Lipinski definition) is 4. The first-order valence-corrected chi connectivity index (χ1v) is 5.68. The molecule has 2 heterocycles. The summed E-state index contributed by atoms with van der Waals surface area (Å²) in [6.07, 6.45) is 1.42. The molecular formula is C12H14N2O4. The third-order valence-electron chi connectivity index (χ3n) is 2.87. The van der Waals surface area contributed by atoms with Crippen molar-refractivity contribution in [2.45, 2.75) is 13.0 Å². The van der Waals surface area contributed by atoms with Crippen LogP contribution >= 0.6 is 0 Å². The smallest absolute Gasteiger partial charge is 0.338 e. The summed E-state index contributed by atoms with van der Waals surface area (Å²) in [7, 11) is 0. The summed E-state index contributed by atoms with van der Waals surface area (Å²) in [5.74, 6) is -1.50. The number of amides is 1. The molecule has 1 aliphatic heterocycles. The van der Waals surface area contributed by atoms with E-state index in [1.54, 1.807) is 4.90 Å². The number of carbonyl (C=O) groups excluding carboxylic acids is 1. The molecule has 18 heavy (non-hydrogen) atoms. The lowest BCUT2D eigenvalue weighted by Crippen LogP contribution is -2.47. The second kappa shape index (κ2) is 5.14. The van der Waals surface area contributed by atoms with Gasteiger partial charge in [0.2, 0.25) is 0 Å². The van der Waals surface area contributed by atoms with E-state index in [1.165, 1.54) is 18.3 Å². The fraction of sp³-hybridized carbons (Fsp3) is 0.417. The molecule has 2 rings (SSSR count). The van der Waals surface area contributed by atoms with Crippen LogP contribution in [0.1, 0.15) is 27.8 Å². The molecule has 1 amide bonds. The molecule has 0 radical (unpaired) electrons. The van der Waals surface area contributed by atoms with Crippen molar-refractivity contribution in [2.24, 2.45) is 0 Å². The monoisotopic (exact) mass is 250 g/mol. The molecule has 0 unspecified atom stereocenters. The van der Waals surface area contributed by atoms with Crippen molar-refractivity contribution in [2.75, 3.05) is 19.8 Å². The topological polar surface area (TPSA) is 79.7 Å². The zero-order valence-corrected chi connectivity index (χ0v) is 10.00. The molecule has 0 saturated carbocycles. The molecule has 1 aliphatic rings. The van der Waals surface area contributed by atoms with Crippen LogP contribution in [0.2, 0.25) is 0 Å². The predicted molar refractivity (Wildman–Crippen MR) is 62.5 cm³/mol. The van der Waals surface area contributed by atoms with E-state index < -0.39 is 5.97 Å². The highest BCUT2D eigenvalue weighted by Crippen LogP contribution is 2.14. The minimum absolute atomic E-state index is 0.0150. The van der Waals surface area contributed by atoms with Crippen molar-refractivity contribution < 1.29 is 19.4 Å². The molecule has 1 aromatic rings. The molecule has 0 spiro atoms. The van der Waals surface area contributed by atoms with E-state index in [9.17, 15) is 9.59 Å². The van der Waals surface area contributed by atoms with Gasteiger partial charge in [0.1, 0.15) is 5.69 Å². The maximum Gasteiger partial charge on any atom is 0.338 e. The number of aromatic nitrogens is 1. The Bertz CT molecular complexity index is 475. The van der Waals surface area contributed by atoms with Gasteiger partial charge >= 0.3 is 5.97 Å². The molecule has 0 aliphatic carbocycles. The SMILES string of the molecule is C[C@@H]1COCCN1C(=O)c1ncccc1C(=O)O. The van der Waals surface area contributed by atoms with Crippen LogP contribution in [-0.2, 0) is 4.74 Å². The fourth-order valence-corrected chi connectivity index (χ4v) is 1.91. The van der Waals surface area contributed by atoms with E-state index in [0.717, 1.165) is 0 Å². The molecule has 1 fully saturated rings.